The van der Waals surface area contributed by atoms with Crippen LogP contribution in [0, 0.1) is 11.8 Å². The Bertz CT molecular complexity index is 155. The summed E-state index contributed by atoms with van der Waals surface area (Å²) in [6.45, 7) is 8.06. The van der Waals surface area contributed by atoms with Gasteiger partial charge in [-0.15, -0.1) is 11.6 Å². The molecule has 1 amide bonds. The molecule has 0 saturated heterocycles. The Morgan fingerprint density at radius 2 is 1.92 bits per heavy atom. The molecule has 0 radical (unpaired) electrons. The lowest BCUT2D eigenvalue weighted by atomic mass is 9.97. The van der Waals surface area contributed by atoms with Crippen molar-refractivity contribution in [3.8, 4) is 0 Å². The van der Waals surface area contributed by atoms with Crippen LogP contribution in [0.5, 0.6) is 0 Å². The highest BCUT2D eigenvalue weighted by Gasteiger charge is 2.18. The van der Waals surface area contributed by atoms with Crippen molar-refractivity contribution in [1.82, 2.24) is 5.32 Å². The van der Waals surface area contributed by atoms with E-state index in [-0.39, 0.29) is 17.9 Å². The fourth-order valence-electron chi connectivity index (χ4n) is 0.885. The summed E-state index contributed by atoms with van der Waals surface area (Å²) in [6, 6.07) is 0.121. The van der Waals surface area contributed by atoms with Crippen LogP contribution in [0.4, 0.5) is 0 Å². The molecule has 13 heavy (non-hydrogen) atoms. The van der Waals surface area contributed by atoms with Crippen molar-refractivity contribution in [3.05, 3.63) is 0 Å². The normalized spacial score (nSPS) is 15.5. The van der Waals surface area contributed by atoms with Gasteiger partial charge in [-0.25, -0.2) is 0 Å². The van der Waals surface area contributed by atoms with Crippen LogP contribution in [-0.2, 0) is 4.79 Å². The maximum Gasteiger partial charge on any atom is 0.223 e. The third kappa shape index (κ3) is 4.51. The minimum absolute atomic E-state index is 0.0669. The second kappa shape index (κ2) is 6.25. The summed E-state index contributed by atoms with van der Waals surface area (Å²) >= 11 is 5.68. The lowest BCUT2D eigenvalue weighted by Crippen LogP contribution is -2.40. The van der Waals surface area contributed by atoms with Gasteiger partial charge in [-0.3, -0.25) is 4.79 Å². The molecule has 1 N–H and O–H groups in total. The summed E-state index contributed by atoms with van der Waals surface area (Å²) in [5, 5.41) is 2.93. The van der Waals surface area contributed by atoms with E-state index >= 15 is 0 Å². The number of alkyl halides is 1. The predicted octanol–water partition coefficient (Wildman–Crippen LogP) is 2.41. The maximum atomic E-state index is 11.5. The number of hydrogen-bond donors (Lipinski definition) is 1. The van der Waals surface area contributed by atoms with E-state index in [4.69, 9.17) is 11.6 Å². The van der Waals surface area contributed by atoms with Gasteiger partial charge in [0, 0.05) is 17.8 Å². The van der Waals surface area contributed by atoms with E-state index in [0.717, 1.165) is 6.42 Å². The Morgan fingerprint density at radius 3 is 2.23 bits per heavy atom. The first-order valence-corrected chi connectivity index (χ1v) is 5.42. The van der Waals surface area contributed by atoms with Crippen LogP contribution >= 0.6 is 11.6 Å². The highest BCUT2D eigenvalue weighted by Crippen LogP contribution is 2.10. The van der Waals surface area contributed by atoms with E-state index in [2.05, 4.69) is 5.32 Å². The minimum Gasteiger partial charge on any atom is -0.352 e. The van der Waals surface area contributed by atoms with Crippen LogP contribution < -0.4 is 5.32 Å². The summed E-state index contributed by atoms with van der Waals surface area (Å²) in [6.07, 6.45) is 0.889. The SMILES string of the molecule is CCC(CCl)NC(=O)C(C)C(C)C. The largest absolute Gasteiger partial charge is 0.352 e. The third-order valence-electron chi connectivity index (χ3n) is 2.44. The van der Waals surface area contributed by atoms with Crippen LogP contribution in [0.2, 0.25) is 0 Å². The Labute approximate surface area is 86.0 Å². The minimum atomic E-state index is 0.0669. The van der Waals surface area contributed by atoms with Crippen molar-refractivity contribution >= 4 is 17.5 Å². The van der Waals surface area contributed by atoms with Gasteiger partial charge in [-0.1, -0.05) is 27.7 Å². The molecule has 0 aromatic heterocycles. The molecule has 0 fully saturated rings. The quantitative estimate of drug-likeness (QED) is 0.687. The van der Waals surface area contributed by atoms with Crippen LogP contribution in [0.3, 0.4) is 0 Å². The lowest BCUT2D eigenvalue weighted by molar-refractivity contribution is -0.126. The van der Waals surface area contributed by atoms with Gasteiger partial charge in [0.1, 0.15) is 0 Å². The van der Waals surface area contributed by atoms with Gasteiger partial charge in [0.05, 0.1) is 0 Å². The second-order valence-corrected chi connectivity index (χ2v) is 4.11. The molecule has 0 aliphatic rings. The van der Waals surface area contributed by atoms with E-state index in [9.17, 15) is 4.79 Å². The molecule has 0 aliphatic carbocycles. The molecule has 0 spiro atoms. The molecular formula is C10H20ClNO. The van der Waals surface area contributed by atoms with Gasteiger partial charge in [0.25, 0.3) is 0 Å². The topological polar surface area (TPSA) is 29.1 Å². The van der Waals surface area contributed by atoms with Crippen molar-refractivity contribution in [1.29, 1.82) is 0 Å². The van der Waals surface area contributed by atoms with Crippen molar-refractivity contribution < 1.29 is 4.79 Å². The second-order valence-electron chi connectivity index (χ2n) is 3.80. The lowest BCUT2D eigenvalue weighted by Gasteiger charge is -2.19. The molecule has 0 saturated carbocycles. The van der Waals surface area contributed by atoms with Crippen LogP contribution in [-0.4, -0.2) is 17.8 Å². The average Bonchev–Trinajstić information content (AvgIpc) is 2.12. The smallest absolute Gasteiger partial charge is 0.223 e. The molecule has 0 heterocycles. The average molecular weight is 206 g/mol. The number of hydrogen-bond acceptors (Lipinski definition) is 1. The van der Waals surface area contributed by atoms with Gasteiger partial charge in [-0.2, -0.15) is 0 Å². The molecular weight excluding hydrogens is 186 g/mol. The Morgan fingerprint density at radius 1 is 1.38 bits per heavy atom. The Kier molecular flexibility index (Phi) is 6.13. The van der Waals surface area contributed by atoms with E-state index in [1.54, 1.807) is 0 Å². The third-order valence-corrected chi connectivity index (χ3v) is 2.81. The van der Waals surface area contributed by atoms with Gasteiger partial charge in [-0.05, 0) is 12.3 Å². The molecule has 0 aliphatic heterocycles. The first-order chi connectivity index (χ1) is 6.02. The Balaban J connectivity index is 3.98. The molecule has 0 aromatic rings. The van der Waals surface area contributed by atoms with E-state index in [1.807, 2.05) is 27.7 Å². The summed E-state index contributed by atoms with van der Waals surface area (Å²) in [5.41, 5.74) is 0. The summed E-state index contributed by atoms with van der Waals surface area (Å²) in [7, 11) is 0. The van der Waals surface area contributed by atoms with Gasteiger partial charge in [0.2, 0.25) is 5.91 Å². The first kappa shape index (κ1) is 12.8. The van der Waals surface area contributed by atoms with Crippen LogP contribution in [0.25, 0.3) is 0 Å². The molecule has 2 unspecified atom stereocenters. The highest BCUT2D eigenvalue weighted by molar-refractivity contribution is 6.18. The number of carbonyl (C=O) groups excluding carboxylic acids is 1. The van der Waals surface area contributed by atoms with E-state index < -0.39 is 0 Å². The molecule has 0 aromatic carbocycles. The van der Waals surface area contributed by atoms with E-state index in [1.165, 1.54) is 0 Å². The number of halogens is 1. The monoisotopic (exact) mass is 205 g/mol. The highest BCUT2D eigenvalue weighted by atomic mass is 35.5. The fourth-order valence-corrected chi connectivity index (χ4v) is 1.18. The molecule has 3 heteroatoms. The Hall–Kier alpha value is -0.240. The van der Waals surface area contributed by atoms with Crippen molar-refractivity contribution in [2.45, 2.75) is 40.2 Å². The summed E-state index contributed by atoms with van der Waals surface area (Å²) in [4.78, 5) is 11.5. The van der Waals surface area contributed by atoms with Crippen molar-refractivity contribution in [3.63, 3.8) is 0 Å². The zero-order valence-corrected chi connectivity index (χ0v) is 9.69. The fraction of sp³-hybridized carbons (Fsp3) is 0.900. The van der Waals surface area contributed by atoms with Crippen LogP contribution in [0.1, 0.15) is 34.1 Å². The van der Waals surface area contributed by atoms with E-state index in [0.29, 0.717) is 11.8 Å². The zero-order valence-electron chi connectivity index (χ0n) is 8.93. The van der Waals surface area contributed by atoms with Gasteiger partial charge < -0.3 is 5.32 Å². The van der Waals surface area contributed by atoms with Crippen LogP contribution in [0.15, 0.2) is 0 Å². The summed E-state index contributed by atoms with van der Waals surface area (Å²) in [5.74, 6) is 1.06. The standard InChI is InChI=1S/C10H20ClNO/c1-5-9(6-11)12-10(13)8(4)7(2)3/h7-9H,5-6H2,1-4H3,(H,12,13). The molecule has 78 valence electrons. The molecule has 0 rings (SSSR count). The zero-order chi connectivity index (χ0) is 10.4. The van der Waals surface area contributed by atoms with Gasteiger partial charge in [0.15, 0.2) is 0 Å². The van der Waals surface area contributed by atoms with Crippen molar-refractivity contribution in [2.24, 2.45) is 11.8 Å². The molecule has 2 nitrogen and oxygen atoms in total. The number of nitrogens with one attached hydrogen (secondary N) is 1. The summed E-state index contributed by atoms with van der Waals surface area (Å²) < 4.78 is 0. The number of amides is 1. The first-order valence-electron chi connectivity index (χ1n) is 4.89. The van der Waals surface area contributed by atoms with Crippen molar-refractivity contribution in [2.75, 3.05) is 5.88 Å². The predicted molar refractivity (Wildman–Crippen MR) is 56.9 cm³/mol. The maximum absolute atomic E-state index is 11.5. The molecule has 2 atom stereocenters. The number of carbonyl (C=O) groups is 1. The molecule has 0 bridgehead atoms. The number of rotatable bonds is 5. The van der Waals surface area contributed by atoms with Gasteiger partial charge >= 0.3 is 0 Å².